The van der Waals surface area contributed by atoms with E-state index in [1.165, 1.54) is 6.07 Å². The molecule has 2 heterocycles. The molecule has 24 heavy (non-hydrogen) atoms. The number of halogens is 1. The Bertz CT molecular complexity index is 799. The van der Waals surface area contributed by atoms with Gasteiger partial charge in [-0.05, 0) is 38.2 Å². The van der Waals surface area contributed by atoms with Gasteiger partial charge in [0.15, 0.2) is 0 Å². The van der Waals surface area contributed by atoms with Crippen molar-refractivity contribution in [2.75, 3.05) is 13.6 Å². The summed E-state index contributed by atoms with van der Waals surface area (Å²) < 4.78 is 15.2. The first-order valence-corrected chi connectivity index (χ1v) is 7.41. The van der Waals surface area contributed by atoms with Crippen LogP contribution in [0.1, 0.15) is 11.5 Å². The number of benzene rings is 1. The van der Waals surface area contributed by atoms with Gasteiger partial charge < -0.3 is 14.7 Å². The van der Waals surface area contributed by atoms with Crippen molar-refractivity contribution in [3.63, 3.8) is 0 Å². The number of aromatic nitrogens is 4. The van der Waals surface area contributed by atoms with E-state index in [4.69, 9.17) is 9.90 Å². The number of carbonyl (C=O) groups is 1. The highest BCUT2D eigenvalue weighted by Crippen LogP contribution is 2.17. The van der Waals surface area contributed by atoms with E-state index in [-0.39, 0.29) is 12.3 Å². The minimum absolute atomic E-state index is 0.204. The number of carboxylic acid groups (broad SMARTS) is 1. The largest absolute Gasteiger partial charge is 0.483 e. The van der Waals surface area contributed by atoms with Crippen molar-refractivity contribution in [3.8, 4) is 0 Å². The standard InChI is InChI=1S/C15H18FN5.CH2O2/c1-11-19-17-10-21(11)6-5-20(2)9-14-8-12-7-13(16)3-4-15(12)18-14;2-1-3/h3-4,7-8,10,18H,5-6,9H2,1-2H3;1H,(H,2,3). The van der Waals surface area contributed by atoms with Crippen LogP contribution in [0.15, 0.2) is 30.6 Å². The molecule has 3 aromatic rings. The number of fused-ring (bicyclic) bond motifs is 1. The van der Waals surface area contributed by atoms with Gasteiger partial charge >= 0.3 is 0 Å². The monoisotopic (exact) mass is 333 g/mol. The van der Waals surface area contributed by atoms with Crippen LogP contribution < -0.4 is 0 Å². The molecule has 3 rings (SSSR count). The number of hydrogen-bond donors (Lipinski definition) is 2. The van der Waals surface area contributed by atoms with Gasteiger partial charge in [0, 0.05) is 36.2 Å². The molecule has 2 aromatic heterocycles. The fraction of sp³-hybridized carbons (Fsp3) is 0.312. The molecule has 0 saturated carbocycles. The summed E-state index contributed by atoms with van der Waals surface area (Å²) in [7, 11) is 2.06. The third-order valence-corrected chi connectivity index (χ3v) is 3.61. The summed E-state index contributed by atoms with van der Waals surface area (Å²) in [6.45, 7) is 4.23. The SMILES string of the molecule is Cc1nncn1CCN(C)Cc1cc2cc(F)ccc2[nH]1.O=CO. The normalized spacial score (nSPS) is 10.7. The highest BCUT2D eigenvalue weighted by molar-refractivity contribution is 5.80. The van der Waals surface area contributed by atoms with E-state index >= 15 is 0 Å². The number of aryl methyl sites for hydroxylation is 1. The Morgan fingerprint density at radius 1 is 1.42 bits per heavy atom. The minimum Gasteiger partial charge on any atom is -0.483 e. The third kappa shape index (κ3) is 4.63. The molecule has 0 bridgehead atoms. The number of hydrogen-bond acceptors (Lipinski definition) is 4. The first-order valence-electron chi connectivity index (χ1n) is 7.41. The van der Waals surface area contributed by atoms with Crippen LogP contribution in [-0.2, 0) is 17.9 Å². The highest BCUT2D eigenvalue weighted by atomic mass is 19.1. The summed E-state index contributed by atoms with van der Waals surface area (Å²) in [5.41, 5.74) is 2.05. The van der Waals surface area contributed by atoms with E-state index in [1.807, 2.05) is 17.6 Å². The van der Waals surface area contributed by atoms with Crippen molar-refractivity contribution in [2.45, 2.75) is 20.0 Å². The molecule has 0 radical (unpaired) electrons. The number of nitrogens with zero attached hydrogens (tertiary/aromatic N) is 4. The lowest BCUT2D eigenvalue weighted by atomic mass is 10.2. The molecule has 2 N–H and O–H groups in total. The van der Waals surface area contributed by atoms with Gasteiger partial charge in [-0.3, -0.25) is 9.69 Å². The summed E-state index contributed by atoms with van der Waals surface area (Å²) in [4.78, 5) is 13.9. The molecule has 0 atom stereocenters. The van der Waals surface area contributed by atoms with E-state index in [0.717, 1.165) is 42.1 Å². The molecule has 1 aromatic carbocycles. The maximum atomic E-state index is 13.2. The highest BCUT2D eigenvalue weighted by Gasteiger charge is 2.06. The zero-order valence-corrected chi connectivity index (χ0v) is 13.6. The Morgan fingerprint density at radius 3 is 2.83 bits per heavy atom. The van der Waals surface area contributed by atoms with Gasteiger partial charge in [0.25, 0.3) is 6.47 Å². The minimum atomic E-state index is -0.250. The first-order chi connectivity index (χ1) is 11.5. The van der Waals surface area contributed by atoms with Crippen molar-refractivity contribution in [1.29, 1.82) is 0 Å². The number of aromatic amines is 1. The summed E-state index contributed by atoms with van der Waals surface area (Å²) in [5, 5.41) is 15.6. The molecule has 0 aliphatic carbocycles. The van der Waals surface area contributed by atoms with Crippen LogP contribution in [0.3, 0.4) is 0 Å². The molecule has 128 valence electrons. The van der Waals surface area contributed by atoms with Crippen LogP contribution in [0.2, 0.25) is 0 Å². The van der Waals surface area contributed by atoms with E-state index in [1.54, 1.807) is 18.5 Å². The van der Waals surface area contributed by atoms with Crippen molar-refractivity contribution in [2.24, 2.45) is 0 Å². The summed E-state index contributed by atoms with van der Waals surface area (Å²) in [6.07, 6.45) is 1.74. The molecule has 0 amide bonds. The van der Waals surface area contributed by atoms with E-state index in [2.05, 4.69) is 27.1 Å². The van der Waals surface area contributed by atoms with Gasteiger partial charge in [0.05, 0.1) is 0 Å². The summed E-state index contributed by atoms with van der Waals surface area (Å²) in [5.74, 6) is 0.717. The van der Waals surface area contributed by atoms with Gasteiger partial charge in [-0.2, -0.15) is 0 Å². The number of rotatable bonds is 5. The van der Waals surface area contributed by atoms with E-state index in [9.17, 15) is 4.39 Å². The summed E-state index contributed by atoms with van der Waals surface area (Å²) >= 11 is 0. The van der Waals surface area contributed by atoms with Gasteiger partial charge in [-0.1, -0.05) is 0 Å². The van der Waals surface area contributed by atoms with Crippen molar-refractivity contribution in [1.82, 2.24) is 24.6 Å². The fourth-order valence-electron chi connectivity index (χ4n) is 2.43. The molecule has 8 heteroatoms. The molecule has 0 spiro atoms. The second-order valence-electron chi connectivity index (χ2n) is 5.44. The molecule has 0 aliphatic heterocycles. The predicted octanol–water partition coefficient (Wildman–Crippen LogP) is 2.04. The van der Waals surface area contributed by atoms with Crippen LogP contribution in [0.4, 0.5) is 4.39 Å². The third-order valence-electron chi connectivity index (χ3n) is 3.61. The van der Waals surface area contributed by atoms with Gasteiger partial charge in [-0.25, -0.2) is 4.39 Å². The van der Waals surface area contributed by atoms with Crippen molar-refractivity contribution >= 4 is 17.4 Å². The molecule has 0 aliphatic rings. The van der Waals surface area contributed by atoms with E-state index < -0.39 is 0 Å². The van der Waals surface area contributed by atoms with Crippen LogP contribution in [0.5, 0.6) is 0 Å². The topological polar surface area (TPSA) is 87.0 Å². The molecule has 0 saturated heterocycles. The van der Waals surface area contributed by atoms with Crippen LogP contribution in [-0.4, -0.2) is 49.8 Å². The Hall–Kier alpha value is -2.74. The van der Waals surface area contributed by atoms with Crippen LogP contribution in [0.25, 0.3) is 10.9 Å². The van der Waals surface area contributed by atoms with Gasteiger partial charge in [-0.15, -0.1) is 10.2 Å². The molecular weight excluding hydrogens is 313 g/mol. The molecule has 0 unspecified atom stereocenters. The van der Waals surface area contributed by atoms with Gasteiger partial charge in [0.1, 0.15) is 18.0 Å². The fourth-order valence-corrected chi connectivity index (χ4v) is 2.43. The van der Waals surface area contributed by atoms with E-state index in [0.29, 0.717) is 0 Å². The van der Waals surface area contributed by atoms with Crippen LogP contribution >= 0.6 is 0 Å². The lowest BCUT2D eigenvalue weighted by Crippen LogP contribution is -2.23. The van der Waals surface area contributed by atoms with Gasteiger partial charge in [0.2, 0.25) is 0 Å². The maximum absolute atomic E-state index is 13.2. The quantitative estimate of drug-likeness (QED) is 0.698. The lowest BCUT2D eigenvalue weighted by Gasteiger charge is -2.16. The average Bonchev–Trinajstić information content (AvgIpc) is 3.11. The van der Waals surface area contributed by atoms with Crippen LogP contribution in [0, 0.1) is 12.7 Å². The Morgan fingerprint density at radius 2 is 2.17 bits per heavy atom. The predicted molar refractivity (Wildman–Crippen MR) is 88.0 cm³/mol. The van der Waals surface area contributed by atoms with Crippen molar-refractivity contribution < 1.29 is 14.3 Å². The Kier molecular flexibility index (Phi) is 6.02. The lowest BCUT2D eigenvalue weighted by molar-refractivity contribution is -0.122. The Balaban J connectivity index is 0.000000647. The zero-order valence-electron chi connectivity index (χ0n) is 13.6. The average molecular weight is 333 g/mol. The number of H-pyrrole nitrogens is 1. The number of nitrogens with one attached hydrogen (secondary N) is 1. The second-order valence-corrected chi connectivity index (χ2v) is 5.44. The second kappa shape index (κ2) is 8.21. The first kappa shape index (κ1) is 17.6. The maximum Gasteiger partial charge on any atom is 0.290 e. The zero-order chi connectivity index (χ0) is 17.5. The molecular formula is C16H20FN5O2. The molecule has 7 nitrogen and oxygen atoms in total. The number of likely N-dealkylation sites (N-methyl/N-ethyl adjacent to an activating group) is 1. The molecule has 0 fully saturated rings. The summed E-state index contributed by atoms with van der Waals surface area (Å²) in [6, 6.07) is 6.80. The van der Waals surface area contributed by atoms with Crippen molar-refractivity contribution in [3.05, 3.63) is 47.9 Å². The Labute approximate surface area is 138 Å². The smallest absolute Gasteiger partial charge is 0.290 e.